The molecular formula is C11H13N3O4. The third kappa shape index (κ3) is 4.20. The lowest BCUT2D eigenvalue weighted by Crippen LogP contribution is -2.20. The first-order valence-electron chi connectivity index (χ1n) is 5.26. The Morgan fingerprint density at radius 2 is 2.33 bits per heavy atom. The summed E-state index contributed by atoms with van der Waals surface area (Å²) in [5.74, 6) is -1.14. The summed E-state index contributed by atoms with van der Waals surface area (Å²) in [4.78, 5) is 24.1. The summed E-state index contributed by atoms with van der Waals surface area (Å²) in [7, 11) is 0. The molecule has 0 bridgehead atoms. The molecule has 0 unspecified atom stereocenters. The van der Waals surface area contributed by atoms with Gasteiger partial charge in [-0.25, -0.2) is 0 Å². The van der Waals surface area contributed by atoms with Crippen molar-refractivity contribution in [2.45, 2.75) is 13.3 Å². The van der Waals surface area contributed by atoms with Gasteiger partial charge >= 0.3 is 5.82 Å². The Labute approximate surface area is 103 Å². The first-order valence-corrected chi connectivity index (χ1v) is 5.26. The predicted octanol–water partition coefficient (Wildman–Crippen LogP) is 1.23. The zero-order valence-electron chi connectivity index (χ0n) is 9.79. The summed E-state index contributed by atoms with van der Waals surface area (Å²) < 4.78 is 0. The van der Waals surface area contributed by atoms with Crippen LogP contribution in [-0.4, -0.2) is 27.5 Å². The zero-order chi connectivity index (χ0) is 13.5. The highest BCUT2D eigenvalue weighted by atomic mass is 16.6. The number of carbonyl (C=O) groups excluding carboxylic acids is 1. The van der Waals surface area contributed by atoms with Gasteiger partial charge in [0.1, 0.15) is 0 Å². The van der Waals surface area contributed by atoms with Crippen molar-refractivity contribution in [1.82, 2.24) is 10.3 Å². The molecule has 0 aliphatic heterocycles. The fourth-order valence-corrected chi connectivity index (χ4v) is 1.22. The second-order valence-electron chi connectivity index (χ2n) is 3.51. The van der Waals surface area contributed by atoms with Crippen LogP contribution in [0.25, 0.3) is 6.08 Å². The fourth-order valence-electron chi connectivity index (χ4n) is 1.22. The lowest BCUT2D eigenvalue weighted by atomic mass is 10.3. The standard InChI is InChI=1S/C11H13N3O4/c1-8(15)12-7-3-2-4-9-5-6-10(16)11(13-9)14(17)18/h2,4-6,16H,3,7H2,1H3,(H,12,15). The van der Waals surface area contributed by atoms with E-state index in [0.717, 1.165) is 0 Å². The summed E-state index contributed by atoms with van der Waals surface area (Å²) in [5.41, 5.74) is 0.377. The summed E-state index contributed by atoms with van der Waals surface area (Å²) in [6, 6.07) is 2.69. The van der Waals surface area contributed by atoms with Crippen molar-refractivity contribution in [3.8, 4) is 5.75 Å². The third-order valence-electron chi connectivity index (χ3n) is 2.02. The minimum Gasteiger partial charge on any atom is -0.501 e. The van der Waals surface area contributed by atoms with E-state index >= 15 is 0 Å². The number of pyridine rings is 1. The Morgan fingerprint density at radius 3 is 2.94 bits per heavy atom. The monoisotopic (exact) mass is 251 g/mol. The van der Waals surface area contributed by atoms with Gasteiger partial charge in [0.2, 0.25) is 11.7 Å². The van der Waals surface area contributed by atoms with Crippen molar-refractivity contribution < 1.29 is 14.8 Å². The van der Waals surface area contributed by atoms with E-state index in [2.05, 4.69) is 10.3 Å². The maximum atomic E-state index is 10.6. The normalized spacial score (nSPS) is 10.5. The molecule has 1 amide bonds. The SMILES string of the molecule is CC(=O)NCCC=Cc1ccc(O)c([N+](=O)[O-])n1. The smallest absolute Gasteiger partial charge is 0.406 e. The van der Waals surface area contributed by atoms with Crippen molar-refractivity contribution in [3.05, 3.63) is 34.0 Å². The second kappa shape index (κ2) is 6.33. The van der Waals surface area contributed by atoms with E-state index in [4.69, 9.17) is 0 Å². The van der Waals surface area contributed by atoms with Gasteiger partial charge < -0.3 is 20.5 Å². The van der Waals surface area contributed by atoms with E-state index < -0.39 is 16.5 Å². The molecular weight excluding hydrogens is 238 g/mol. The predicted molar refractivity (Wildman–Crippen MR) is 64.9 cm³/mol. The lowest BCUT2D eigenvalue weighted by molar-refractivity contribution is -0.390. The highest BCUT2D eigenvalue weighted by Gasteiger charge is 2.15. The topological polar surface area (TPSA) is 105 Å². The largest absolute Gasteiger partial charge is 0.501 e. The Morgan fingerprint density at radius 1 is 1.61 bits per heavy atom. The molecule has 1 aromatic rings. The number of nitro groups is 1. The van der Waals surface area contributed by atoms with Gasteiger partial charge in [0.15, 0.2) is 5.69 Å². The van der Waals surface area contributed by atoms with Crippen molar-refractivity contribution in [1.29, 1.82) is 0 Å². The van der Waals surface area contributed by atoms with Gasteiger partial charge in [0.05, 0.1) is 0 Å². The van der Waals surface area contributed by atoms with E-state index in [9.17, 15) is 20.0 Å². The quantitative estimate of drug-likeness (QED) is 0.465. The van der Waals surface area contributed by atoms with Crippen LogP contribution in [0, 0.1) is 10.1 Å². The minimum atomic E-state index is -0.746. The number of nitrogens with one attached hydrogen (secondary N) is 1. The number of hydrogen-bond donors (Lipinski definition) is 2. The summed E-state index contributed by atoms with van der Waals surface area (Å²) in [6.45, 7) is 1.92. The van der Waals surface area contributed by atoms with Crippen LogP contribution >= 0.6 is 0 Å². The Hall–Kier alpha value is -2.44. The first-order chi connectivity index (χ1) is 8.50. The average Bonchev–Trinajstić information content (AvgIpc) is 2.30. The van der Waals surface area contributed by atoms with Crippen molar-refractivity contribution in [2.75, 3.05) is 6.54 Å². The number of hydrogen-bond acceptors (Lipinski definition) is 5. The molecule has 1 heterocycles. The molecule has 18 heavy (non-hydrogen) atoms. The van der Waals surface area contributed by atoms with E-state index in [1.54, 1.807) is 12.2 Å². The number of amides is 1. The van der Waals surface area contributed by atoms with Crippen molar-refractivity contribution >= 4 is 17.8 Å². The molecule has 2 N–H and O–H groups in total. The van der Waals surface area contributed by atoms with Crippen LogP contribution in [-0.2, 0) is 4.79 Å². The number of rotatable bonds is 5. The average molecular weight is 251 g/mol. The van der Waals surface area contributed by atoms with Crippen LogP contribution in [0.3, 0.4) is 0 Å². The number of aromatic hydroxyl groups is 1. The van der Waals surface area contributed by atoms with E-state index in [1.807, 2.05) is 0 Å². The van der Waals surface area contributed by atoms with Gasteiger partial charge in [0.25, 0.3) is 0 Å². The maximum Gasteiger partial charge on any atom is 0.406 e. The van der Waals surface area contributed by atoms with E-state index in [-0.39, 0.29) is 5.91 Å². The Bertz CT molecular complexity index is 485. The van der Waals surface area contributed by atoms with Gasteiger partial charge in [0, 0.05) is 13.5 Å². The van der Waals surface area contributed by atoms with Crippen LogP contribution in [0.2, 0.25) is 0 Å². The molecule has 96 valence electrons. The summed E-state index contributed by atoms with van der Waals surface area (Å²) >= 11 is 0. The summed E-state index contributed by atoms with van der Waals surface area (Å²) in [6.07, 6.45) is 3.92. The van der Waals surface area contributed by atoms with Gasteiger partial charge in [-0.05, 0) is 34.5 Å². The highest BCUT2D eigenvalue weighted by molar-refractivity contribution is 5.72. The molecule has 1 aromatic heterocycles. The molecule has 0 aromatic carbocycles. The number of nitrogens with zero attached hydrogens (tertiary/aromatic N) is 2. The molecule has 0 spiro atoms. The second-order valence-corrected chi connectivity index (χ2v) is 3.51. The number of aromatic nitrogens is 1. The van der Waals surface area contributed by atoms with Gasteiger partial charge in [-0.2, -0.15) is 0 Å². The molecule has 0 aliphatic rings. The van der Waals surface area contributed by atoms with Crippen molar-refractivity contribution in [3.63, 3.8) is 0 Å². The first kappa shape index (κ1) is 13.6. The highest BCUT2D eigenvalue weighted by Crippen LogP contribution is 2.22. The van der Waals surface area contributed by atoms with Crippen LogP contribution in [0.4, 0.5) is 5.82 Å². The van der Waals surface area contributed by atoms with Crippen LogP contribution < -0.4 is 5.32 Å². The minimum absolute atomic E-state index is 0.109. The molecule has 7 nitrogen and oxygen atoms in total. The lowest BCUT2D eigenvalue weighted by Gasteiger charge is -1.97. The molecule has 1 rings (SSSR count). The third-order valence-corrected chi connectivity index (χ3v) is 2.02. The van der Waals surface area contributed by atoms with Crippen molar-refractivity contribution in [2.24, 2.45) is 0 Å². The fraction of sp³-hybridized carbons (Fsp3) is 0.273. The maximum absolute atomic E-state index is 10.6. The van der Waals surface area contributed by atoms with Crippen LogP contribution in [0.15, 0.2) is 18.2 Å². The van der Waals surface area contributed by atoms with Gasteiger partial charge in [-0.1, -0.05) is 6.08 Å². The molecule has 0 aliphatic carbocycles. The molecule has 0 saturated carbocycles. The molecule has 0 saturated heterocycles. The summed E-state index contributed by atoms with van der Waals surface area (Å²) in [5, 5.41) is 22.3. The van der Waals surface area contributed by atoms with E-state index in [0.29, 0.717) is 18.7 Å². The van der Waals surface area contributed by atoms with Crippen LogP contribution in [0.5, 0.6) is 5.75 Å². The Balaban J connectivity index is 2.62. The molecule has 7 heteroatoms. The van der Waals surface area contributed by atoms with Gasteiger partial charge in [-0.15, -0.1) is 0 Å². The molecule has 0 radical (unpaired) electrons. The van der Waals surface area contributed by atoms with Crippen LogP contribution in [0.1, 0.15) is 19.0 Å². The zero-order valence-corrected chi connectivity index (χ0v) is 9.79. The Kier molecular flexibility index (Phi) is 4.79. The number of carbonyl (C=O) groups is 1. The van der Waals surface area contributed by atoms with Gasteiger partial charge in [-0.3, -0.25) is 4.79 Å². The van der Waals surface area contributed by atoms with E-state index in [1.165, 1.54) is 19.1 Å². The molecule has 0 fully saturated rings. The molecule has 0 atom stereocenters.